The Morgan fingerprint density at radius 1 is 1.21 bits per heavy atom. The predicted molar refractivity (Wildman–Crippen MR) is 114 cm³/mol. The van der Waals surface area contributed by atoms with Crippen LogP contribution in [0.25, 0.3) is 11.0 Å². The molecule has 0 N–H and O–H groups in total. The van der Waals surface area contributed by atoms with E-state index in [1.807, 2.05) is 31.7 Å². The molecule has 0 aromatic carbocycles. The highest BCUT2D eigenvalue weighted by atomic mass is 79.9. The molecule has 2 fully saturated rings. The monoisotopic (exact) mass is 483 g/mol. The quantitative estimate of drug-likeness (QED) is 0.595. The van der Waals surface area contributed by atoms with Crippen molar-refractivity contribution in [3.63, 3.8) is 0 Å². The summed E-state index contributed by atoms with van der Waals surface area (Å²) in [6.45, 7) is 6.93. The fourth-order valence-electron chi connectivity index (χ4n) is 4.03. The number of nitrogens with zero attached hydrogens (tertiary/aromatic N) is 5. The second-order valence-electron chi connectivity index (χ2n) is 8.34. The van der Waals surface area contributed by atoms with Crippen LogP contribution in [0.2, 0.25) is 5.28 Å². The fraction of sp³-hybridized carbons (Fsp3) is 0.579. The van der Waals surface area contributed by atoms with E-state index in [4.69, 9.17) is 21.1 Å². The standard InChI is InChI=1S/C19H23BrClN5O3/c1-19(2,3)29-18(27)26-10-5-6-11(26)9-25(8-10)15-14-13(22-17(21)24-15)7-12(20)16(23-14)28-4/h7,10-11H,5-6,8-9H2,1-4H3. The minimum atomic E-state index is -0.516. The maximum Gasteiger partial charge on any atom is 0.410 e. The van der Waals surface area contributed by atoms with Crippen LogP contribution in [0.3, 0.4) is 0 Å². The first kappa shape index (κ1) is 20.4. The van der Waals surface area contributed by atoms with E-state index in [0.717, 1.165) is 12.8 Å². The number of amides is 1. The van der Waals surface area contributed by atoms with E-state index >= 15 is 0 Å². The van der Waals surface area contributed by atoms with Crippen LogP contribution in [0.5, 0.6) is 5.88 Å². The van der Waals surface area contributed by atoms with Crippen molar-refractivity contribution in [2.75, 3.05) is 25.1 Å². The highest BCUT2D eigenvalue weighted by Gasteiger charge is 2.45. The molecule has 0 spiro atoms. The Morgan fingerprint density at radius 2 is 1.86 bits per heavy atom. The van der Waals surface area contributed by atoms with Crippen molar-refractivity contribution in [3.8, 4) is 5.88 Å². The third-order valence-corrected chi connectivity index (χ3v) is 5.86. The minimum absolute atomic E-state index is 0.0599. The van der Waals surface area contributed by atoms with Gasteiger partial charge >= 0.3 is 6.09 Å². The van der Waals surface area contributed by atoms with E-state index in [1.54, 1.807) is 7.11 Å². The second-order valence-corrected chi connectivity index (χ2v) is 9.53. The van der Waals surface area contributed by atoms with Crippen molar-refractivity contribution in [2.45, 2.75) is 51.3 Å². The number of fused-ring (bicyclic) bond motifs is 3. The average Bonchev–Trinajstić information content (AvgIpc) is 2.89. The molecule has 4 rings (SSSR count). The van der Waals surface area contributed by atoms with E-state index in [0.29, 0.717) is 40.3 Å². The van der Waals surface area contributed by atoms with Crippen LogP contribution in [0, 0.1) is 0 Å². The van der Waals surface area contributed by atoms with Gasteiger partial charge in [0.25, 0.3) is 0 Å². The number of halogens is 2. The summed E-state index contributed by atoms with van der Waals surface area (Å²) in [4.78, 5) is 30.1. The Kier molecular flexibility index (Phi) is 5.23. The molecule has 0 saturated carbocycles. The Hall–Kier alpha value is -1.87. The maximum absolute atomic E-state index is 12.7. The van der Waals surface area contributed by atoms with Crippen LogP contribution in [-0.2, 0) is 4.74 Å². The third-order valence-electron chi connectivity index (χ3n) is 5.13. The first-order chi connectivity index (χ1) is 13.7. The highest BCUT2D eigenvalue weighted by Crippen LogP contribution is 2.37. The second kappa shape index (κ2) is 7.43. The van der Waals surface area contributed by atoms with E-state index < -0.39 is 5.60 Å². The summed E-state index contributed by atoms with van der Waals surface area (Å²) in [6, 6.07) is 1.94. The zero-order valence-corrected chi connectivity index (χ0v) is 19.1. The fourth-order valence-corrected chi connectivity index (χ4v) is 4.67. The largest absolute Gasteiger partial charge is 0.480 e. The highest BCUT2D eigenvalue weighted by molar-refractivity contribution is 9.10. The minimum Gasteiger partial charge on any atom is -0.480 e. The Morgan fingerprint density at radius 3 is 2.45 bits per heavy atom. The van der Waals surface area contributed by atoms with Crippen molar-refractivity contribution in [1.29, 1.82) is 0 Å². The maximum atomic E-state index is 12.7. The van der Waals surface area contributed by atoms with Crippen molar-refractivity contribution in [3.05, 3.63) is 15.8 Å². The van der Waals surface area contributed by atoms with Crippen LogP contribution in [0.4, 0.5) is 10.6 Å². The number of hydrogen-bond donors (Lipinski definition) is 0. The summed E-state index contributed by atoms with van der Waals surface area (Å²) < 4.78 is 11.7. The zero-order chi connectivity index (χ0) is 20.9. The SMILES string of the molecule is COc1nc2c(N3CC4CCC(C3)N4C(=O)OC(C)(C)C)nc(Cl)nc2cc1Br. The molecule has 2 aliphatic heterocycles. The van der Waals surface area contributed by atoms with Gasteiger partial charge in [-0.1, -0.05) is 0 Å². The van der Waals surface area contributed by atoms with Crippen LogP contribution in [-0.4, -0.2) is 63.8 Å². The van der Waals surface area contributed by atoms with Gasteiger partial charge in [-0.15, -0.1) is 0 Å². The van der Waals surface area contributed by atoms with Gasteiger partial charge in [0.05, 0.1) is 29.2 Å². The molecule has 2 atom stereocenters. The molecule has 0 radical (unpaired) electrons. The summed E-state index contributed by atoms with van der Waals surface area (Å²) in [5.41, 5.74) is 0.743. The van der Waals surface area contributed by atoms with E-state index in [2.05, 4.69) is 35.8 Å². The van der Waals surface area contributed by atoms with Crippen LogP contribution in [0.1, 0.15) is 33.6 Å². The molecule has 156 valence electrons. The van der Waals surface area contributed by atoms with Gasteiger partial charge in [0.15, 0.2) is 5.82 Å². The van der Waals surface area contributed by atoms with E-state index in [1.165, 1.54) is 0 Å². The molecule has 0 aliphatic carbocycles. The molecular formula is C19H23BrClN5O3. The summed E-state index contributed by atoms with van der Waals surface area (Å²) in [5.74, 6) is 1.12. The number of methoxy groups -OCH3 is 1. The smallest absolute Gasteiger partial charge is 0.410 e. The number of carbonyl (C=O) groups is 1. The number of anilines is 1. The Bertz CT molecular complexity index is 953. The Balaban J connectivity index is 1.66. The molecule has 2 aliphatic rings. The molecule has 1 amide bonds. The molecule has 2 unspecified atom stereocenters. The lowest BCUT2D eigenvalue weighted by Gasteiger charge is -2.41. The van der Waals surface area contributed by atoms with Gasteiger partial charge in [0.1, 0.15) is 11.1 Å². The van der Waals surface area contributed by atoms with Crippen molar-refractivity contribution >= 4 is 50.5 Å². The first-order valence-corrected chi connectivity index (χ1v) is 10.7. The lowest BCUT2D eigenvalue weighted by atomic mass is 10.2. The van der Waals surface area contributed by atoms with Crippen molar-refractivity contribution in [2.24, 2.45) is 0 Å². The zero-order valence-electron chi connectivity index (χ0n) is 16.8. The summed E-state index contributed by atoms with van der Waals surface area (Å²) in [6.07, 6.45) is 1.61. The van der Waals surface area contributed by atoms with Crippen LogP contribution < -0.4 is 9.64 Å². The molecule has 4 heterocycles. The number of rotatable bonds is 2. The summed E-state index contributed by atoms with van der Waals surface area (Å²) in [7, 11) is 1.56. The van der Waals surface area contributed by atoms with Gasteiger partial charge in [-0.05, 0) is 67.2 Å². The van der Waals surface area contributed by atoms with Crippen LogP contribution in [0.15, 0.2) is 10.5 Å². The molecule has 2 saturated heterocycles. The number of aromatic nitrogens is 3. The van der Waals surface area contributed by atoms with Crippen molar-refractivity contribution < 1.29 is 14.3 Å². The number of hydrogen-bond acceptors (Lipinski definition) is 7. The summed E-state index contributed by atoms with van der Waals surface area (Å²) in [5, 5.41) is 0.160. The summed E-state index contributed by atoms with van der Waals surface area (Å²) >= 11 is 9.64. The number of piperazine rings is 1. The molecule has 2 aromatic rings. The number of ether oxygens (including phenoxy) is 2. The van der Waals surface area contributed by atoms with Gasteiger partial charge in [-0.2, -0.15) is 4.98 Å². The average molecular weight is 485 g/mol. The van der Waals surface area contributed by atoms with Gasteiger partial charge in [0, 0.05) is 13.1 Å². The van der Waals surface area contributed by atoms with Gasteiger partial charge in [-0.25, -0.2) is 14.8 Å². The number of pyridine rings is 1. The topological polar surface area (TPSA) is 80.7 Å². The first-order valence-electron chi connectivity index (χ1n) is 9.50. The molecule has 29 heavy (non-hydrogen) atoms. The van der Waals surface area contributed by atoms with Gasteiger partial charge in [-0.3, -0.25) is 4.90 Å². The predicted octanol–water partition coefficient (Wildman–Crippen LogP) is 4.04. The lowest BCUT2D eigenvalue weighted by molar-refractivity contribution is 0.0123. The molecule has 8 nitrogen and oxygen atoms in total. The normalized spacial score (nSPS) is 21.6. The molecular weight excluding hydrogens is 462 g/mol. The van der Waals surface area contributed by atoms with Gasteiger partial charge in [0.2, 0.25) is 11.2 Å². The Labute approximate surface area is 182 Å². The number of carbonyl (C=O) groups excluding carboxylic acids is 1. The van der Waals surface area contributed by atoms with E-state index in [-0.39, 0.29) is 23.5 Å². The lowest BCUT2D eigenvalue weighted by Crippen LogP contribution is -2.57. The van der Waals surface area contributed by atoms with Gasteiger partial charge < -0.3 is 14.4 Å². The van der Waals surface area contributed by atoms with E-state index in [9.17, 15) is 4.79 Å². The van der Waals surface area contributed by atoms with Crippen LogP contribution >= 0.6 is 27.5 Å². The molecule has 2 bridgehead atoms. The van der Waals surface area contributed by atoms with Crippen molar-refractivity contribution in [1.82, 2.24) is 19.9 Å². The molecule has 10 heteroatoms. The third kappa shape index (κ3) is 3.94. The molecule has 2 aromatic heterocycles.